The Hall–Kier alpha value is -0.380. The Morgan fingerprint density at radius 1 is 1.47 bits per heavy atom. The number of rotatable bonds is 7. The van der Waals surface area contributed by atoms with Crippen LogP contribution in [0.25, 0.3) is 0 Å². The van der Waals surface area contributed by atoms with E-state index < -0.39 is 0 Å². The van der Waals surface area contributed by atoms with Crippen molar-refractivity contribution in [2.75, 3.05) is 13.1 Å². The largest absolute Gasteiger partial charge is 0.330 e. The van der Waals surface area contributed by atoms with E-state index in [2.05, 4.69) is 35.6 Å². The number of nitrogens with zero attached hydrogens (tertiary/aromatic N) is 1. The normalized spacial score (nSPS) is 16.7. The quantitative estimate of drug-likeness (QED) is 0.808. The van der Waals surface area contributed by atoms with E-state index in [1.165, 1.54) is 31.4 Å². The highest BCUT2D eigenvalue weighted by Gasteiger charge is 2.30. The third-order valence-electron chi connectivity index (χ3n) is 3.66. The lowest BCUT2D eigenvalue weighted by Crippen LogP contribution is -2.32. The minimum absolute atomic E-state index is 0.280. The van der Waals surface area contributed by atoms with E-state index in [1.54, 1.807) is 11.3 Å². The van der Waals surface area contributed by atoms with Crippen LogP contribution >= 0.6 is 11.3 Å². The summed E-state index contributed by atoms with van der Waals surface area (Å²) in [5.41, 5.74) is 7.55. The fourth-order valence-electron chi connectivity index (χ4n) is 2.00. The summed E-state index contributed by atoms with van der Waals surface area (Å²) in [6.07, 6.45) is 3.96. The number of hydrogen-bond acceptors (Lipinski definition) is 3. The molecule has 0 aliphatic heterocycles. The molecule has 0 saturated heterocycles. The molecule has 0 aromatic carbocycles. The maximum Gasteiger partial charge on any atom is 0.0244 e. The van der Waals surface area contributed by atoms with Gasteiger partial charge in [-0.05, 0) is 60.2 Å². The van der Waals surface area contributed by atoms with Crippen molar-refractivity contribution in [1.29, 1.82) is 0 Å². The summed E-state index contributed by atoms with van der Waals surface area (Å²) in [5, 5.41) is 4.44. The maximum atomic E-state index is 5.80. The maximum absolute atomic E-state index is 5.80. The number of hydrogen-bond donors (Lipinski definition) is 1. The Bertz CT molecular complexity index is 328. The van der Waals surface area contributed by atoms with Crippen LogP contribution in [-0.2, 0) is 6.54 Å². The van der Waals surface area contributed by atoms with Gasteiger partial charge in [0.2, 0.25) is 0 Å². The minimum Gasteiger partial charge on any atom is -0.330 e. The molecule has 1 heterocycles. The molecule has 0 amide bonds. The molecule has 3 heteroatoms. The van der Waals surface area contributed by atoms with Crippen molar-refractivity contribution in [3.8, 4) is 0 Å². The summed E-state index contributed by atoms with van der Waals surface area (Å²) in [6, 6.07) is 3.08. The summed E-state index contributed by atoms with van der Waals surface area (Å²) >= 11 is 1.80. The van der Waals surface area contributed by atoms with Crippen LogP contribution in [0.15, 0.2) is 16.8 Å². The van der Waals surface area contributed by atoms with E-state index in [4.69, 9.17) is 5.73 Å². The monoisotopic (exact) mass is 252 g/mol. The van der Waals surface area contributed by atoms with E-state index in [0.717, 1.165) is 19.1 Å². The zero-order valence-electron chi connectivity index (χ0n) is 11.0. The lowest BCUT2D eigenvalue weighted by molar-refractivity contribution is 0.206. The molecule has 2 N–H and O–H groups in total. The first-order valence-electron chi connectivity index (χ1n) is 6.56. The van der Waals surface area contributed by atoms with E-state index >= 15 is 0 Å². The van der Waals surface area contributed by atoms with Crippen molar-refractivity contribution in [3.05, 3.63) is 22.4 Å². The molecule has 17 heavy (non-hydrogen) atoms. The highest BCUT2D eigenvalue weighted by molar-refractivity contribution is 7.07. The van der Waals surface area contributed by atoms with Gasteiger partial charge in [-0.1, -0.05) is 13.8 Å². The minimum atomic E-state index is 0.280. The van der Waals surface area contributed by atoms with Gasteiger partial charge in [0.15, 0.2) is 0 Å². The van der Waals surface area contributed by atoms with Crippen molar-refractivity contribution in [2.45, 2.75) is 45.7 Å². The lowest BCUT2D eigenvalue weighted by Gasteiger charge is -2.28. The van der Waals surface area contributed by atoms with Crippen molar-refractivity contribution in [2.24, 2.45) is 11.1 Å². The molecule has 1 aliphatic carbocycles. The smallest absolute Gasteiger partial charge is 0.0244 e. The summed E-state index contributed by atoms with van der Waals surface area (Å²) < 4.78 is 0. The van der Waals surface area contributed by atoms with E-state index in [1.807, 2.05) is 0 Å². The van der Waals surface area contributed by atoms with Gasteiger partial charge in [-0.15, -0.1) is 0 Å². The first-order chi connectivity index (χ1) is 8.11. The molecular formula is C14H24N2S. The Morgan fingerprint density at radius 2 is 2.24 bits per heavy atom. The van der Waals surface area contributed by atoms with Crippen molar-refractivity contribution in [1.82, 2.24) is 4.90 Å². The van der Waals surface area contributed by atoms with E-state index in [0.29, 0.717) is 0 Å². The second kappa shape index (κ2) is 5.51. The molecule has 0 bridgehead atoms. The molecule has 1 fully saturated rings. The number of nitrogens with two attached hydrogens (primary N) is 1. The van der Waals surface area contributed by atoms with Gasteiger partial charge in [-0.2, -0.15) is 11.3 Å². The summed E-state index contributed by atoms with van der Waals surface area (Å²) in [4.78, 5) is 2.64. The summed E-state index contributed by atoms with van der Waals surface area (Å²) in [5.74, 6) is 0. The molecule has 2 rings (SSSR count). The molecule has 2 nitrogen and oxygen atoms in total. The fraction of sp³-hybridized carbons (Fsp3) is 0.714. The Kier molecular flexibility index (Phi) is 4.23. The van der Waals surface area contributed by atoms with Gasteiger partial charge in [-0.25, -0.2) is 0 Å². The van der Waals surface area contributed by atoms with Crippen LogP contribution in [0.3, 0.4) is 0 Å². The topological polar surface area (TPSA) is 29.3 Å². The average molecular weight is 252 g/mol. The Balaban J connectivity index is 1.85. The third-order valence-corrected chi connectivity index (χ3v) is 4.39. The van der Waals surface area contributed by atoms with Crippen LogP contribution in [0.5, 0.6) is 0 Å². The first-order valence-corrected chi connectivity index (χ1v) is 7.50. The molecular weight excluding hydrogens is 228 g/mol. The highest BCUT2D eigenvalue weighted by Crippen LogP contribution is 2.30. The van der Waals surface area contributed by atoms with Crippen molar-refractivity contribution in [3.63, 3.8) is 0 Å². The van der Waals surface area contributed by atoms with Gasteiger partial charge in [0.1, 0.15) is 0 Å². The van der Waals surface area contributed by atoms with Crippen molar-refractivity contribution >= 4 is 11.3 Å². The SMILES string of the molecule is CC(C)(CN)CCN(Cc1ccsc1)C1CC1. The van der Waals surface area contributed by atoms with Gasteiger partial charge in [0.05, 0.1) is 0 Å². The van der Waals surface area contributed by atoms with Crippen LogP contribution in [0.1, 0.15) is 38.7 Å². The number of thiophene rings is 1. The fourth-order valence-corrected chi connectivity index (χ4v) is 2.66. The van der Waals surface area contributed by atoms with E-state index in [9.17, 15) is 0 Å². The van der Waals surface area contributed by atoms with Crippen molar-refractivity contribution < 1.29 is 0 Å². The van der Waals surface area contributed by atoms with Gasteiger partial charge in [0.25, 0.3) is 0 Å². The Labute approximate surface area is 109 Å². The average Bonchev–Trinajstić information content (AvgIpc) is 3.03. The second-order valence-corrected chi connectivity index (χ2v) is 6.73. The van der Waals surface area contributed by atoms with Gasteiger partial charge in [-0.3, -0.25) is 4.90 Å². The first kappa shape index (κ1) is 13.1. The lowest BCUT2D eigenvalue weighted by atomic mass is 9.89. The van der Waals surface area contributed by atoms with Gasteiger partial charge >= 0.3 is 0 Å². The predicted molar refractivity (Wildman–Crippen MR) is 75.2 cm³/mol. The van der Waals surface area contributed by atoms with E-state index in [-0.39, 0.29) is 5.41 Å². The standard InChI is InChI=1S/C14H24N2S/c1-14(2,11-15)6-7-16(13-3-4-13)9-12-5-8-17-10-12/h5,8,10,13H,3-4,6-7,9,11,15H2,1-2H3. The molecule has 96 valence electrons. The molecule has 0 spiro atoms. The van der Waals surface area contributed by atoms with Gasteiger partial charge < -0.3 is 5.73 Å². The molecule has 1 aliphatic rings. The molecule has 0 radical (unpaired) electrons. The third kappa shape index (κ3) is 4.09. The van der Waals surface area contributed by atoms with Crippen LogP contribution < -0.4 is 5.73 Å². The second-order valence-electron chi connectivity index (χ2n) is 5.95. The summed E-state index contributed by atoms with van der Waals surface area (Å²) in [6.45, 7) is 7.62. The van der Waals surface area contributed by atoms with Gasteiger partial charge in [0, 0.05) is 12.6 Å². The molecule has 1 aromatic rings. The Morgan fingerprint density at radius 3 is 2.76 bits per heavy atom. The van der Waals surface area contributed by atoms with Crippen LogP contribution in [0.4, 0.5) is 0 Å². The highest BCUT2D eigenvalue weighted by atomic mass is 32.1. The molecule has 1 saturated carbocycles. The molecule has 0 atom stereocenters. The summed E-state index contributed by atoms with van der Waals surface area (Å²) in [7, 11) is 0. The molecule has 1 aromatic heterocycles. The zero-order valence-corrected chi connectivity index (χ0v) is 11.8. The zero-order chi connectivity index (χ0) is 12.3. The predicted octanol–water partition coefficient (Wildman–Crippen LogP) is 3.09. The van der Waals surface area contributed by atoms with Crippen LogP contribution in [0.2, 0.25) is 0 Å². The van der Waals surface area contributed by atoms with Crippen LogP contribution in [0, 0.1) is 5.41 Å². The molecule has 0 unspecified atom stereocenters. The van der Waals surface area contributed by atoms with Crippen LogP contribution in [-0.4, -0.2) is 24.0 Å².